The second-order valence-electron chi connectivity index (χ2n) is 4.52. The third kappa shape index (κ3) is 3.45. The van der Waals surface area contributed by atoms with Gasteiger partial charge in [-0.1, -0.05) is 42.5 Å². The zero-order chi connectivity index (χ0) is 14.4. The number of carbonyl (C=O) groups excluding carboxylic acids is 1. The standard InChI is InChI=1S/C16H17N3O/c1-19(2)15-11-7-6-10-14(15)16(20)18-17-12-13-8-4-3-5-9-13/h3-12H,1-2H3,(H,18,20). The molecule has 0 bridgehead atoms. The van der Waals surface area contributed by atoms with Crippen LogP contribution in [0.15, 0.2) is 59.7 Å². The topological polar surface area (TPSA) is 44.7 Å². The summed E-state index contributed by atoms with van der Waals surface area (Å²) in [4.78, 5) is 14.0. The second kappa shape index (κ2) is 6.52. The normalized spacial score (nSPS) is 10.5. The van der Waals surface area contributed by atoms with Crippen LogP contribution in [0.1, 0.15) is 15.9 Å². The Bertz CT molecular complexity index is 606. The van der Waals surface area contributed by atoms with Gasteiger partial charge >= 0.3 is 0 Å². The Kier molecular flexibility index (Phi) is 4.50. The molecule has 0 radical (unpaired) electrons. The number of hydrogen-bond acceptors (Lipinski definition) is 3. The summed E-state index contributed by atoms with van der Waals surface area (Å²) in [5.74, 6) is -0.221. The minimum atomic E-state index is -0.221. The molecule has 0 aliphatic carbocycles. The van der Waals surface area contributed by atoms with E-state index in [1.807, 2.05) is 67.5 Å². The van der Waals surface area contributed by atoms with E-state index in [1.54, 1.807) is 12.3 Å². The molecule has 4 heteroatoms. The highest BCUT2D eigenvalue weighted by atomic mass is 16.2. The Morgan fingerprint density at radius 2 is 1.70 bits per heavy atom. The van der Waals surface area contributed by atoms with Gasteiger partial charge in [-0.25, -0.2) is 5.43 Å². The number of rotatable bonds is 4. The molecule has 0 saturated heterocycles. The number of nitrogens with one attached hydrogen (secondary N) is 1. The fourth-order valence-electron chi connectivity index (χ4n) is 1.82. The molecule has 2 aromatic carbocycles. The Morgan fingerprint density at radius 3 is 2.40 bits per heavy atom. The molecule has 0 aromatic heterocycles. The number of carbonyl (C=O) groups is 1. The van der Waals surface area contributed by atoms with Crippen molar-refractivity contribution < 1.29 is 4.79 Å². The number of nitrogens with zero attached hydrogens (tertiary/aromatic N) is 2. The predicted molar refractivity (Wildman–Crippen MR) is 82.3 cm³/mol. The molecule has 2 rings (SSSR count). The van der Waals surface area contributed by atoms with Crippen LogP contribution in [0, 0.1) is 0 Å². The van der Waals surface area contributed by atoms with Crippen molar-refractivity contribution in [3.8, 4) is 0 Å². The molecular weight excluding hydrogens is 250 g/mol. The van der Waals surface area contributed by atoms with E-state index in [-0.39, 0.29) is 5.91 Å². The van der Waals surface area contributed by atoms with Gasteiger partial charge in [0.1, 0.15) is 0 Å². The van der Waals surface area contributed by atoms with Crippen LogP contribution < -0.4 is 10.3 Å². The maximum Gasteiger partial charge on any atom is 0.273 e. The van der Waals surface area contributed by atoms with Crippen molar-refractivity contribution in [3.63, 3.8) is 0 Å². The molecule has 0 saturated carbocycles. The lowest BCUT2D eigenvalue weighted by Gasteiger charge is -2.15. The number of benzene rings is 2. The number of para-hydroxylation sites is 1. The highest BCUT2D eigenvalue weighted by molar-refractivity contribution is 6.00. The third-order valence-corrected chi connectivity index (χ3v) is 2.81. The Hall–Kier alpha value is -2.62. The van der Waals surface area contributed by atoms with Crippen LogP contribution in [0.3, 0.4) is 0 Å². The van der Waals surface area contributed by atoms with Crippen molar-refractivity contribution in [1.29, 1.82) is 0 Å². The van der Waals surface area contributed by atoms with Gasteiger partial charge < -0.3 is 4.90 Å². The largest absolute Gasteiger partial charge is 0.377 e. The summed E-state index contributed by atoms with van der Waals surface area (Å²) in [6.45, 7) is 0. The third-order valence-electron chi connectivity index (χ3n) is 2.81. The lowest BCUT2D eigenvalue weighted by atomic mass is 10.1. The average molecular weight is 267 g/mol. The highest BCUT2D eigenvalue weighted by Gasteiger charge is 2.10. The van der Waals surface area contributed by atoms with Crippen molar-refractivity contribution in [2.75, 3.05) is 19.0 Å². The first kappa shape index (κ1) is 13.8. The number of amides is 1. The van der Waals surface area contributed by atoms with Gasteiger partial charge in [-0.05, 0) is 17.7 Å². The quantitative estimate of drug-likeness (QED) is 0.683. The van der Waals surface area contributed by atoms with E-state index in [9.17, 15) is 4.79 Å². The summed E-state index contributed by atoms with van der Waals surface area (Å²) in [7, 11) is 3.80. The van der Waals surface area contributed by atoms with Crippen LogP contribution in [0.2, 0.25) is 0 Å². The van der Waals surface area contributed by atoms with Gasteiger partial charge in [0.25, 0.3) is 5.91 Å². The van der Waals surface area contributed by atoms with Crippen LogP contribution in [-0.2, 0) is 0 Å². The summed E-state index contributed by atoms with van der Waals surface area (Å²) in [5, 5.41) is 3.98. The van der Waals surface area contributed by atoms with Gasteiger partial charge in [-0.15, -0.1) is 0 Å². The first-order valence-corrected chi connectivity index (χ1v) is 6.33. The van der Waals surface area contributed by atoms with Gasteiger partial charge in [0.2, 0.25) is 0 Å². The minimum absolute atomic E-state index is 0.221. The molecule has 20 heavy (non-hydrogen) atoms. The highest BCUT2D eigenvalue weighted by Crippen LogP contribution is 2.17. The molecule has 0 aliphatic heterocycles. The number of hydrazone groups is 1. The molecule has 0 fully saturated rings. The Labute approximate surface area is 118 Å². The van der Waals surface area contributed by atoms with Gasteiger partial charge in [-0.3, -0.25) is 4.79 Å². The first-order chi connectivity index (χ1) is 9.68. The lowest BCUT2D eigenvalue weighted by Crippen LogP contribution is -2.21. The van der Waals surface area contributed by atoms with Gasteiger partial charge in [0.05, 0.1) is 11.8 Å². The van der Waals surface area contributed by atoms with Crippen molar-refractivity contribution >= 4 is 17.8 Å². The van der Waals surface area contributed by atoms with E-state index < -0.39 is 0 Å². The molecule has 2 aromatic rings. The van der Waals surface area contributed by atoms with E-state index >= 15 is 0 Å². The minimum Gasteiger partial charge on any atom is -0.377 e. The van der Waals surface area contributed by atoms with Crippen molar-refractivity contribution in [2.45, 2.75) is 0 Å². The van der Waals surface area contributed by atoms with Crippen LogP contribution >= 0.6 is 0 Å². The Balaban J connectivity index is 2.08. The van der Waals surface area contributed by atoms with Crippen molar-refractivity contribution in [1.82, 2.24) is 5.43 Å². The van der Waals surface area contributed by atoms with E-state index in [4.69, 9.17) is 0 Å². The maximum absolute atomic E-state index is 12.1. The molecule has 4 nitrogen and oxygen atoms in total. The molecule has 1 N–H and O–H groups in total. The van der Waals surface area contributed by atoms with E-state index in [0.717, 1.165) is 11.3 Å². The summed E-state index contributed by atoms with van der Waals surface area (Å²) >= 11 is 0. The zero-order valence-corrected chi connectivity index (χ0v) is 11.6. The summed E-state index contributed by atoms with van der Waals surface area (Å²) in [6, 6.07) is 17.0. The fourth-order valence-corrected chi connectivity index (χ4v) is 1.82. The predicted octanol–water partition coefficient (Wildman–Crippen LogP) is 2.52. The smallest absolute Gasteiger partial charge is 0.273 e. The van der Waals surface area contributed by atoms with Gasteiger partial charge in [-0.2, -0.15) is 5.10 Å². The van der Waals surface area contributed by atoms with Crippen LogP contribution in [0.5, 0.6) is 0 Å². The van der Waals surface area contributed by atoms with E-state index in [1.165, 1.54) is 0 Å². The molecule has 0 spiro atoms. The van der Waals surface area contributed by atoms with Crippen molar-refractivity contribution in [3.05, 3.63) is 65.7 Å². The molecule has 0 heterocycles. The van der Waals surface area contributed by atoms with Gasteiger partial charge in [0, 0.05) is 19.8 Å². The SMILES string of the molecule is CN(C)c1ccccc1C(=O)NN=Cc1ccccc1. The molecule has 1 amide bonds. The molecule has 0 unspecified atom stereocenters. The van der Waals surface area contributed by atoms with Crippen molar-refractivity contribution in [2.24, 2.45) is 5.10 Å². The summed E-state index contributed by atoms with van der Waals surface area (Å²) < 4.78 is 0. The van der Waals surface area contributed by atoms with Crippen LogP contribution in [0.25, 0.3) is 0 Å². The maximum atomic E-state index is 12.1. The van der Waals surface area contributed by atoms with E-state index in [0.29, 0.717) is 5.56 Å². The average Bonchev–Trinajstić information content (AvgIpc) is 2.48. The summed E-state index contributed by atoms with van der Waals surface area (Å²) in [5.41, 5.74) is 4.95. The molecular formula is C16H17N3O. The van der Waals surface area contributed by atoms with Crippen LogP contribution in [0.4, 0.5) is 5.69 Å². The molecule has 102 valence electrons. The molecule has 0 aliphatic rings. The number of anilines is 1. The summed E-state index contributed by atoms with van der Waals surface area (Å²) in [6.07, 6.45) is 1.62. The zero-order valence-electron chi connectivity index (χ0n) is 11.6. The fraction of sp³-hybridized carbons (Fsp3) is 0.125. The number of hydrogen-bond donors (Lipinski definition) is 1. The lowest BCUT2D eigenvalue weighted by molar-refractivity contribution is 0.0955. The Morgan fingerprint density at radius 1 is 1.05 bits per heavy atom. The first-order valence-electron chi connectivity index (χ1n) is 6.33. The van der Waals surface area contributed by atoms with E-state index in [2.05, 4.69) is 10.5 Å². The second-order valence-corrected chi connectivity index (χ2v) is 4.52. The monoisotopic (exact) mass is 267 g/mol. The van der Waals surface area contributed by atoms with Gasteiger partial charge in [0.15, 0.2) is 0 Å². The molecule has 0 atom stereocenters. The van der Waals surface area contributed by atoms with Crippen LogP contribution in [-0.4, -0.2) is 26.2 Å².